The molecule has 0 saturated carbocycles. The van der Waals surface area contributed by atoms with Gasteiger partial charge < -0.3 is 4.74 Å². The molecular weight excluding hydrogens is 292 g/mol. The Morgan fingerprint density at radius 2 is 1.83 bits per heavy atom. The fraction of sp³-hybridized carbons (Fsp3) is 0.333. The van der Waals surface area contributed by atoms with Gasteiger partial charge in [0.15, 0.2) is 0 Å². The number of carbonyl (C=O) groups is 1. The third-order valence-corrected chi connectivity index (χ3v) is 2.92. The average Bonchev–Trinajstić information content (AvgIpc) is 2.52. The Morgan fingerprint density at radius 1 is 1.13 bits per heavy atom. The van der Waals surface area contributed by atoms with Gasteiger partial charge in [0.25, 0.3) is 0 Å². The lowest BCUT2D eigenvalue weighted by Crippen LogP contribution is -2.44. The monoisotopic (exact) mass is 314 g/mol. The van der Waals surface area contributed by atoms with E-state index in [4.69, 9.17) is 9.57 Å². The Morgan fingerprint density at radius 3 is 2.43 bits per heavy atom. The number of esters is 1. The molecule has 5 heteroatoms. The van der Waals surface area contributed by atoms with Crippen LogP contribution in [-0.2, 0) is 16.1 Å². The molecule has 0 aliphatic heterocycles. The number of ether oxygens (including phenoxy) is 1. The smallest absolute Gasteiger partial charge is 0.332 e. The SMILES string of the molecule is CC(C)(C)ON[C@@H](Cc1ccccc1)C(=O)Oc1ccccn1. The molecule has 0 fully saturated rings. The lowest BCUT2D eigenvalue weighted by molar-refractivity contribution is -0.147. The molecule has 0 radical (unpaired) electrons. The summed E-state index contributed by atoms with van der Waals surface area (Å²) in [5.74, 6) is -0.162. The van der Waals surface area contributed by atoms with E-state index in [9.17, 15) is 4.79 Å². The van der Waals surface area contributed by atoms with Crippen molar-refractivity contribution in [3.05, 3.63) is 60.3 Å². The van der Waals surface area contributed by atoms with Crippen LogP contribution in [0.3, 0.4) is 0 Å². The van der Waals surface area contributed by atoms with Gasteiger partial charge in [0.05, 0.1) is 5.60 Å². The third kappa shape index (κ3) is 6.18. The first-order valence-electron chi connectivity index (χ1n) is 7.54. The van der Waals surface area contributed by atoms with Crippen LogP contribution in [0.1, 0.15) is 26.3 Å². The van der Waals surface area contributed by atoms with Crippen molar-refractivity contribution in [2.24, 2.45) is 0 Å². The zero-order valence-electron chi connectivity index (χ0n) is 13.7. The number of nitrogens with one attached hydrogen (secondary N) is 1. The molecule has 0 saturated heterocycles. The molecule has 0 aliphatic carbocycles. The van der Waals surface area contributed by atoms with Gasteiger partial charge in [-0.15, -0.1) is 0 Å². The number of nitrogens with zero attached hydrogens (tertiary/aromatic N) is 1. The quantitative estimate of drug-likeness (QED) is 0.656. The van der Waals surface area contributed by atoms with Crippen molar-refractivity contribution >= 4 is 5.97 Å². The molecule has 0 aliphatic rings. The summed E-state index contributed by atoms with van der Waals surface area (Å²) in [6.45, 7) is 5.72. The third-order valence-electron chi connectivity index (χ3n) is 2.92. The van der Waals surface area contributed by atoms with Crippen LogP contribution >= 0.6 is 0 Å². The molecule has 2 rings (SSSR count). The second kappa shape index (κ2) is 7.85. The Kier molecular flexibility index (Phi) is 5.84. The van der Waals surface area contributed by atoms with Crippen LogP contribution in [0.4, 0.5) is 0 Å². The number of pyridine rings is 1. The molecule has 0 spiro atoms. The van der Waals surface area contributed by atoms with Crippen molar-refractivity contribution in [2.45, 2.75) is 38.8 Å². The highest BCUT2D eigenvalue weighted by molar-refractivity contribution is 5.78. The van der Waals surface area contributed by atoms with Gasteiger partial charge in [-0.3, -0.25) is 4.84 Å². The zero-order chi connectivity index (χ0) is 16.7. The Hall–Kier alpha value is -2.24. The summed E-state index contributed by atoms with van der Waals surface area (Å²) >= 11 is 0. The minimum absolute atomic E-state index is 0.271. The van der Waals surface area contributed by atoms with Crippen LogP contribution in [0, 0.1) is 0 Å². The van der Waals surface area contributed by atoms with E-state index in [1.807, 2.05) is 51.1 Å². The van der Waals surface area contributed by atoms with Gasteiger partial charge in [-0.05, 0) is 32.4 Å². The number of carbonyl (C=O) groups excluding carboxylic acids is 1. The molecule has 23 heavy (non-hydrogen) atoms. The summed E-state index contributed by atoms with van der Waals surface area (Å²) in [7, 11) is 0. The molecule has 1 aromatic heterocycles. The van der Waals surface area contributed by atoms with Gasteiger partial charge in [-0.2, -0.15) is 5.48 Å². The predicted molar refractivity (Wildman–Crippen MR) is 87.8 cm³/mol. The number of aromatic nitrogens is 1. The first-order chi connectivity index (χ1) is 10.9. The predicted octanol–water partition coefficient (Wildman–Crippen LogP) is 2.92. The maximum atomic E-state index is 12.4. The normalized spacial score (nSPS) is 12.7. The molecule has 0 unspecified atom stereocenters. The molecule has 1 aromatic carbocycles. The van der Waals surface area contributed by atoms with Gasteiger partial charge >= 0.3 is 5.97 Å². The van der Waals surface area contributed by atoms with Crippen LogP contribution in [0.15, 0.2) is 54.7 Å². The summed E-state index contributed by atoms with van der Waals surface area (Å²) in [6.07, 6.45) is 2.04. The number of hydrogen-bond donors (Lipinski definition) is 1. The molecule has 122 valence electrons. The molecular formula is C18H22N2O3. The van der Waals surface area contributed by atoms with Crippen LogP contribution in [-0.4, -0.2) is 22.6 Å². The van der Waals surface area contributed by atoms with Crippen LogP contribution in [0.25, 0.3) is 0 Å². The minimum Gasteiger partial charge on any atom is -0.406 e. The summed E-state index contributed by atoms with van der Waals surface area (Å²) < 4.78 is 5.32. The van der Waals surface area contributed by atoms with Gasteiger partial charge in [-0.1, -0.05) is 36.4 Å². The summed E-state index contributed by atoms with van der Waals surface area (Å²) in [4.78, 5) is 22.0. The van der Waals surface area contributed by atoms with Gasteiger partial charge in [0.1, 0.15) is 6.04 Å². The van der Waals surface area contributed by atoms with Crippen molar-refractivity contribution < 1.29 is 14.4 Å². The first-order valence-corrected chi connectivity index (χ1v) is 7.54. The number of rotatable bonds is 6. The highest BCUT2D eigenvalue weighted by atomic mass is 16.7. The van der Waals surface area contributed by atoms with E-state index in [0.29, 0.717) is 6.42 Å². The first kappa shape index (κ1) is 17.1. The Balaban J connectivity index is 2.06. The largest absolute Gasteiger partial charge is 0.406 e. The maximum Gasteiger partial charge on any atom is 0.332 e. The van der Waals surface area contributed by atoms with Gasteiger partial charge in [0, 0.05) is 18.7 Å². The highest BCUT2D eigenvalue weighted by Gasteiger charge is 2.24. The van der Waals surface area contributed by atoms with E-state index >= 15 is 0 Å². The molecule has 1 heterocycles. The van der Waals surface area contributed by atoms with Crippen molar-refractivity contribution in [3.8, 4) is 5.88 Å². The fourth-order valence-electron chi connectivity index (χ4n) is 1.85. The van der Waals surface area contributed by atoms with E-state index in [2.05, 4.69) is 10.5 Å². The Labute approximate surface area is 136 Å². The van der Waals surface area contributed by atoms with Crippen LogP contribution in [0.5, 0.6) is 5.88 Å². The van der Waals surface area contributed by atoms with E-state index in [1.54, 1.807) is 24.4 Å². The van der Waals surface area contributed by atoms with Crippen molar-refractivity contribution in [3.63, 3.8) is 0 Å². The summed E-state index contributed by atoms with van der Waals surface area (Å²) in [5.41, 5.74) is 3.42. The van der Waals surface area contributed by atoms with E-state index in [-0.39, 0.29) is 5.88 Å². The van der Waals surface area contributed by atoms with E-state index in [1.165, 1.54) is 0 Å². The standard InChI is InChI=1S/C18H22N2O3/c1-18(2,3)23-20-15(13-14-9-5-4-6-10-14)17(21)22-16-11-7-8-12-19-16/h4-12,15,20H,13H2,1-3H3/t15-/m0/s1. The molecule has 1 atom stereocenters. The van der Waals surface area contributed by atoms with Crippen LogP contribution < -0.4 is 10.2 Å². The summed E-state index contributed by atoms with van der Waals surface area (Å²) in [5, 5.41) is 0. The lowest BCUT2D eigenvalue weighted by atomic mass is 10.1. The van der Waals surface area contributed by atoms with Crippen molar-refractivity contribution in [2.75, 3.05) is 0 Å². The van der Waals surface area contributed by atoms with Gasteiger partial charge in [0.2, 0.25) is 5.88 Å². The van der Waals surface area contributed by atoms with Crippen molar-refractivity contribution in [1.82, 2.24) is 10.5 Å². The Bertz CT molecular complexity index is 609. The average molecular weight is 314 g/mol. The summed E-state index contributed by atoms with van der Waals surface area (Å²) in [6, 6.07) is 14.3. The lowest BCUT2D eigenvalue weighted by Gasteiger charge is -2.24. The minimum atomic E-state index is -0.626. The molecule has 0 amide bonds. The zero-order valence-corrected chi connectivity index (χ0v) is 13.7. The highest BCUT2D eigenvalue weighted by Crippen LogP contribution is 2.11. The maximum absolute atomic E-state index is 12.4. The molecule has 0 bridgehead atoms. The molecule has 5 nitrogen and oxygen atoms in total. The fourth-order valence-corrected chi connectivity index (χ4v) is 1.85. The van der Waals surface area contributed by atoms with Crippen molar-refractivity contribution in [1.29, 1.82) is 0 Å². The second-order valence-electron chi connectivity index (χ2n) is 6.16. The second-order valence-corrected chi connectivity index (χ2v) is 6.16. The van der Waals surface area contributed by atoms with Crippen LogP contribution in [0.2, 0.25) is 0 Å². The number of hydroxylamine groups is 1. The number of hydrogen-bond acceptors (Lipinski definition) is 5. The van der Waals surface area contributed by atoms with E-state index < -0.39 is 17.6 Å². The van der Waals surface area contributed by atoms with Gasteiger partial charge in [-0.25, -0.2) is 9.78 Å². The molecule has 1 N–H and O–H groups in total. The topological polar surface area (TPSA) is 60.5 Å². The number of benzene rings is 1. The van der Waals surface area contributed by atoms with E-state index in [0.717, 1.165) is 5.56 Å². The molecule has 2 aromatic rings.